The van der Waals surface area contributed by atoms with E-state index in [-0.39, 0.29) is 0 Å². The second-order valence-corrected chi connectivity index (χ2v) is 4.95. The van der Waals surface area contributed by atoms with E-state index in [1.54, 1.807) is 6.20 Å². The van der Waals surface area contributed by atoms with Crippen molar-refractivity contribution < 1.29 is 31.1 Å². The smallest absolute Gasteiger partial charge is 0.485 e. The van der Waals surface area contributed by atoms with Crippen LogP contribution >= 0.6 is 11.6 Å². The zero-order valence-corrected chi connectivity index (χ0v) is 10.9. The van der Waals surface area contributed by atoms with Gasteiger partial charge in [0.05, 0.1) is 5.69 Å². The van der Waals surface area contributed by atoms with Crippen molar-refractivity contribution >= 4 is 27.4 Å². The minimum absolute atomic E-state index is 0.743. The minimum Gasteiger partial charge on any atom is -0.741 e. The van der Waals surface area contributed by atoms with Crippen molar-refractivity contribution in [2.24, 2.45) is 0 Å². The summed E-state index contributed by atoms with van der Waals surface area (Å²) in [5.74, 6) is 0. The van der Waals surface area contributed by atoms with Gasteiger partial charge >= 0.3 is 5.51 Å². The van der Waals surface area contributed by atoms with Gasteiger partial charge in [-0.1, -0.05) is 11.6 Å². The van der Waals surface area contributed by atoms with Crippen LogP contribution < -0.4 is 9.88 Å². The molecule has 0 spiro atoms. The molecular weight excluding hydrogens is 297 g/mol. The van der Waals surface area contributed by atoms with Gasteiger partial charge in [-0.3, -0.25) is 0 Å². The van der Waals surface area contributed by atoms with Crippen LogP contribution in [0, 0.1) is 0 Å². The fourth-order valence-corrected chi connectivity index (χ4v) is 1.06. The number of halogens is 4. The molecule has 0 unspecified atom stereocenters. The Bertz CT molecular complexity index is 491. The second-order valence-electron chi connectivity index (χ2n) is 3.17. The van der Waals surface area contributed by atoms with Gasteiger partial charge in [0.15, 0.2) is 22.5 Å². The number of H-pyrrole nitrogens is 1. The predicted molar refractivity (Wildman–Crippen MR) is 58.1 cm³/mol. The van der Waals surface area contributed by atoms with Gasteiger partial charge in [0, 0.05) is 20.2 Å². The lowest BCUT2D eigenvalue weighted by Gasteiger charge is -2.10. The average Bonchev–Trinajstić information content (AvgIpc) is 2.15. The molecule has 1 rings (SSSR count). The lowest BCUT2D eigenvalue weighted by molar-refractivity contribution is -0.377. The quantitative estimate of drug-likeness (QED) is 0.578. The Balaban J connectivity index is 0.000000331. The summed E-state index contributed by atoms with van der Waals surface area (Å²) in [5.41, 5.74) is -4.62. The first-order valence-electron chi connectivity index (χ1n) is 4.32. The highest BCUT2D eigenvalue weighted by Gasteiger charge is 2.36. The number of rotatable bonds is 1. The van der Waals surface area contributed by atoms with Gasteiger partial charge in [0.25, 0.3) is 0 Å². The summed E-state index contributed by atoms with van der Waals surface area (Å²) in [6, 6.07) is 1.93. The Morgan fingerprint density at radius 1 is 1.39 bits per heavy atom. The van der Waals surface area contributed by atoms with Crippen LogP contribution in [0.25, 0.3) is 0 Å². The molecule has 10 heteroatoms. The third kappa shape index (κ3) is 5.52. The summed E-state index contributed by atoms with van der Waals surface area (Å²) >= 11 is 5.85. The summed E-state index contributed by atoms with van der Waals surface area (Å²) in [6.45, 7) is 0. The van der Waals surface area contributed by atoms with Crippen molar-refractivity contribution in [1.82, 2.24) is 0 Å². The highest BCUT2D eigenvalue weighted by Crippen LogP contribution is 2.20. The van der Waals surface area contributed by atoms with Crippen LogP contribution in [-0.2, 0) is 10.1 Å². The van der Waals surface area contributed by atoms with Crippen LogP contribution in [0.3, 0.4) is 0 Å². The number of anilines is 1. The summed E-state index contributed by atoms with van der Waals surface area (Å²) in [7, 11) is -2.17. The van der Waals surface area contributed by atoms with Gasteiger partial charge in [-0.05, 0) is 0 Å². The summed E-state index contributed by atoms with van der Waals surface area (Å²) in [5, 5.41) is 0.743. The summed E-state index contributed by atoms with van der Waals surface area (Å²) < 4.78 is 58.9. The van der Waals surface area contributed by atoms with Gasteiger partial charge < -0.3 is 9.45 Å². The third-order valence-electron chi connectivity index (χ3n) is 1.56. The van der Waals surface area contributed by atoms with E-state index in [4.69, 9.17) is 24.6 Å². The van der Waals surface area contributed by atoms with Crippen LogP contribution in [0.5, 0.6) is 0 Å². The van der Waals surface area contributed by atoms with Crippen LogP contribution in [-0.4, -0.2) is 32.6 Å². The molecule has 0 aliphatic heterocycles. The molecular formula is C8H10ClF3N2O3S. The Morgan fingerprint density at radius 3 is 2.06 bits per heavy atom. The number of hydrogen-bond donors (Lipinski definition) is 0. The first-order valence-corrected chi connectivity index (χ1v) is 6.10. The number of pyridine rings is 1. The largest absolute Gasteiger partial charge is 0.741 e. The molecule has 0 saturated carbocycles. The highest BCUT2D eigenvalue weighted by molar-refractivity contribution is 7.86. The fraction of sp³-hybridized carbons (Fsp3) is 0.375. The molecule has 0 aromatic carbocycles. The Morgan fingerprint density at radius 2 is 1.83 bits per heavy atom. The first kappa shape index (κ1) is 16.9. The lowest BCUT2D eigenvalue weighted by atomic mass is 10.4. The molecule has 1 aromatic rings. The van der Waals surface area contributed by atoms with Gasteiger partial charge in [-0.2, -0.15) is 13.2 Å². The van der Waals surface area contributed by atoms with E-state index in [1.165, 1.54) is 0 Å². The van der Waals surface area contributed by atoms with E-state index in [0.29, 0.717) is 0 Å². The van der Waals surface area contributed by atoms with Crippen LogP contribution in [0.2, 0.25) is 5.02 Å². The van der Waals surface area contributed by atoms with Crippen LogP contribution in [0.4, 0.5) is 18.9 Å². The number of alkyl halides is 3. The SMILES string of the molecule is CN(C)c1cc[nH+]cc1Cl.O=S(=O)([O-])C(F)(F)F. The number of nitrogens with one attached hydrogen (secondary N) is 1. The maximum atomic E-state index is 10.7. The third-order valence-corrected chi connectivity index (χ3v) is 2.43. The van der Waals surface area contributed by atoms with Crippen molar-refractivity contribution in [3.63, 3.8) is 0 Å². The van der Waals surface area contributed by atoms with Crippen molar-refractivity contribution in [1.29, 1.82) is 0 Å². The molecule has 0 atom stereocenters. The maximum Gasteiger partial charge on any atom is 0.485 e. The summed E-state index contributed by atoms with van der Waals surface area (Å²) in [4.78, 5) is 4.87. The highest BCUT2D eigenvalue weighted by atomic mass is 35.5. The molecule has 0 radical (unpaired) electrons. The Hall–Kier alpha value is -1.06. The van der Waals surface area contributed by atoms with E-state index in [2.05, 4.69) is 4.98 Å². The van der Waals surface area contributed by atoms with Gasteiger partial charge in [0.1, 0.15) is 5.02 Å². The number of aromatic amines is 1. The van der Waals surface area contributed by atoms with Crippen molar-refractivity contribution in [3.8, 4) is 0 Å². The molecule has 0 saturated heterocycles. The van der Waals surface area contributed by atoms with Crippen LogP contribution in [0.15, 0.2) is 18.5 Å². The van der Waals surface area contributed by atoms with E-state index in [0.717, 1.165) is 10.7 Å². The normalized spacial score (nSPS) is 11.5. The Kier molecular flexibility index (Phi) is 5.84. The summed E-state index contributed by atoms with van der Waals surface area (Å²) in [6.07, 6.45) is 3.61. The minimum atomic E-state index is -6.09. The zero-order valence-electron chi connectivity index (χ0n) is 9.32. The second kappa shape index (κ2) is 6.21. The van der Waals surface area contributed by atoms with Gasteiger partial charge in [0.2, 0.25) is 0 Å². The van der Waals surface area contributed by atoms with Crippen molar-refractivity contribution in [2.75, 3.05) is 19.0 Å². The molecule has 18 heavy (non-hydrogen) atoms. The van der Waals surface area contributed by atoms with Gasteiger partial charge in [-0.15, -0.1) is 0 Å². The number of hydrogen-bond acceptors (Lipinski definition) is 4. The fourth-order valence-electron chi connectivity index (χ4n) is 0.765. The van der Waals surface area contributed by atoms with Gasteiger partial charge in [-0.25, -0.2) is 13.4 Å². The number of nitrogens with zero attached hydrogens (tertiary/aromatic N) is 1. The topological polar surface area (TPSA) is 74.6 Å². The molecule has 0 aliphatic rings. The average molecular weight is 307 g/mol. The molecule has 1 N–H and O–H groups in total. The van der Waals surface area contributed by atoms with E-state index < -0.39 is 15.6 Å². The monoisotopic (exact) mass is 306 g/mol. The van der Waals surface area contributed by atoms with Crippen molar-refractivity contribution in [3.05, 3.63) is 23.5 Å². The molecule has 1 aromatic heterocycles. The maximum absolute atomic E-state index is 10.7. The first-order chi connectivity index (χ1) is 7.97. The molecule has 0 aliphatic carbocycles. The number of aromatic nitrogens is 1. The van der Waals surface area contributed by atoms with E-state index in [1.807, 2.05) is 31.3 Å². The lowest BCUT2D eigenvalue weighted by Crippen LogP contribution is -2.21. The standard InChI is InChI=1S/C7H9ClN2.CHF3O3S/c1-10(2)7-3-4-9-5-6(7)8;2-1(3,4)8(5,6)7/h3-5H,1-2H3;(H,5,6,7). The van der Waals surface area contributed by atoms with Crippen LogP contribution in [0.1, 0.15) is 0 Å². The van der Waals surface area contributed by atoms with E-state index in [9.17, 15) is 13.2 Å². The predicted octanol–water partition coefficient (Wildman–Crippen LogP) is 1.27. The van der Waals surface area contributed by atoms with E-state index >= 15 is 0 Å². The van der Waals surface area contributed by atoms with Crippen molar-refractivity contribution in [2.45, 2.75) is 5.51 Å². The Labute approximate surface area is 107 Å². The molecule has 1 heterocycles. The molecule has 5 nitrogen and oxygen atoms in total. The zero-order chi connectivity index (χ0) is 14.6. The molecule has 0 fully saturated rings. The molecule has 0 bridgehead atoms. The molecule has 0 amide bonds. The molecule has 104 valence electrons.